The molecule has 4 nitrogen and oxygen atoms in total. The van der Waals surface area contributed by atoms with Crippen LogP contribution in [-0.4, -0.2) is 23.0 Å². The molecule has 164 valence electrons. The first-order chi connectivity index (χ1) is 15.5. The van der Waals surface area contributed by atoms with Crippen molar-refractivity contribution in [1.29, 1.82) is 0 Å². The van der Waals surface area contributed by atoms with Crippen molar-refractivity contribution in [3.8, 4) is 16.9 Å². The number of phenols is 1. The number of para-hydroxylation sites is 1. The van der Waals surface area contributed by atoms with Gasteiger partial charge in [-0.2, -0.15) is 0 Å². The molecule has 5 heteroatoms. The Bertz CT molecular complexity index is 1240. The van der Waals surface area contributed by atoms with Crippen LogP contribution >= 0.6 is 15.9 Å². The van der Waals surface area contributed by atoms with E-state index in [2.05, 4.69) is 22.9 Å². The maximum atomic E-state index is 13.4. The number of carbonyl (C=O) groups is 1. The minimum atomic E-state index is -0.0207. The van der Waals surface area contributed by atoms with Crippen LogP contribution in [0.15, 0.2) is 75.6 Å². The van der Waals surface area contributed by atoms with Crippen molar-refractivity contribution >= 4 is 32.8 Å². The highest BCUT2D eigenvalue weighted by molar-refractivity contribution is 9.10. The molecule has 3 aromatic carbocycles. The topological polar surface area (TPSA) is 53.7 Å². The SMILES string of the molecule is CCCCc1oc2ccccc2c1C(=O)N(C)Cc1ccc(-c2ccc(O)c(Br)c2)cc1. The van der Waals surface area contributed by atoms with E-state index in [4.69, 9.17) is 4.42 Å². The Morgan fingerprint density at radius 3 is 2.47 bits per heavy atom. The number of amides is 1. The van der Waals surface area contributed by atoms with Crippen LogP contribution in [0.1, 0.15) is 41.4 Å². The molecule has 1 amide bonds. The van der Waals surface area contributed by atoms with E-state index in [9.17, 15) is 9.90 Å². The molecule has 0 radical (unpaired) electrons. The largest absolute Gasteiger partial charge is 0.507 e. The van der Waals surface area contributed by atoms with Crippen LogP contribution in [-0.2, 0) is 13.0 Å². The van der Waals surface area contributed by atoms with E-state index in [1.807, 2.05) is 67.7 Å². The number of hydrogen-bond donors (Lipinski definition) is 1. The van der Waals surface area contributed by atoms with E-state index < -0.39 is 0 Å². The smallest absolute Gasteiger partial charge is 0.258 e. The number of furan rings is 1. The van der Waals surface area contributed by atoms with E-state index in [1.165, 1.54) is 0 Å². The molecule has 0 aliphatic rings. The molecular weight excluding hydrogens is 466 g/mol. The number of hydrogen-bond acceptors (Lipinski definition) is 3. The average molecular weight is 492 g/mol. The summed E-state index contributed by atoms with van der Waals surface area (Å²) < 4.78 is 6.70. The lowest BCUT2D eigenvalue weighted by Gasteiger charge is -2.18. The molecule has 0 saturated carbocycles. The molecule has 0 aliphatic heterocycles. The molecule has 1 N–H and O–H groups in total. The van der Waals surface area contributed by atoms with Crippen LogP contribution in [0.25, 0.3) is 22.1 Å². The fraction of sp³-hybridized carbons (Fsp3) is 0.222. The zero-order valence-electron chi connectivity index (χ0n) is 18.3. The predicted molar refractivity (Wildman–Crippen MR) is 132 cm³/mol. The van der Waals surface area contributed by atoms with Gasteiger partial charge >= 0.3 is 0 Å². The van der Waals surface area contributed by atoms with E-state index in [0.29, 0.717) is 16.6 Å². The van der Waals surface area contributed by atoms with Crippen molar-refractivity contribution in [3.05, 3.63) is 88.1 Å². The number of halogens is 1. The first-order valence-corrected chi connectivity index (χ1v) is 11.6. The number of rotatable bonds is 7. The third kappa shape index (κ3) is 4.58. The van der Waals surface area contributed by atoms with Crippen LogP contribution in [0.4, 0.5) is 0 Å². The highest BCUT2D eigenvalue weighted by atomic mass is 79.9. The zero-order chi connectivity index (χ0) is 22.7. The monoisotopic (exact) mass is 491 g/mol. The summed E-state index contributed by atoms with van der Waals surface area (Å²) in [5, 5.41) is 10.6. The van der Waals surface area contributed by atoms with Gasteiger partial charge in [-0.15, -0.1) is 0 Å². The van der Waals surface area contributed by atoms with Gasteiger partial charge in [-0.05, 0) is 57.2 Å². The second-order valence-electron chi connectivity index (χ2n) is 8.02. The average Bonchev–Trinajstić information content (AvgIpc) is 3.17. The standard InChI is InChI=1S/C27H26BrNO3/c1-3-4-8-25-26(21-7-5-6-9-24(21)32-25)27(31)29(2)17-18-10-12-19(13-11-18)20-14-15-23(30)22(28)16-20/h5-7,9-16,30H,3-4,8,17H2,1-2H3. The fourth-order valence-corrected chi connectivity index (χ4v) is 4.25. The third-order valence-corrected chi connectivity index (χ3v) is 6.28. The maximum absolute atomic E-state index is 13.4. The van der Waals surface area contributed by atoms with Crippen molar-refractivity contribution in [2.75, 3.05) is 7.05 Å². The summed E-state index contributed by atoms with van der Waals surface area (Å²) in [6.07, 6.45) is 2.79. The number of aryl methyl sites for hydroxylation is 1. The molecule has 0 spiro atoms. The van der Waals surface area contributed by atoms with Crippen LogP contribution < -0.4 is 0 Å². The number of fused-ring (bicyclic) bond motifs is 1. The van der Waals surface area contributed by atoms with Gasteiger partial charge in [0.25, 0.3) is 5.91 Å². The second-order valence-corrected chi connectivity index (χ2v) is 8.88. The van der Waals surface area contributed by atoms with Crippen LogP contribution in [0.3, 0.4) is 0 Å². The zero-order valence-corrected chi connectivity index (χ0v) is 19.9. The molecule has 4 aromatic rings. The van der Waals surface area contributed by atoms with Gasteiger partial charge < -0.3 is 14.4 Å². The summed E-state index contributed by atoms with van der Waals surface area (Å²) in [7, 11) is 1.83. The van der Waals surface area contributed by atoms with E-state index >= 15 is 0 Å². The summed E-state index contributed by atoms with van der Waals surface area (Å²) >= 11 is 3.36. The van der Waals surface area contributed by atoms with Crippen molar-refractivity contribution < 1.29 is 14.3 Å². The lowest BCUT2D eigenvalue weighted by Crippen LogP contribution is -2.26. The van der Waals surface area contributed by atoms with Gasteiger partial charge in [0.2, 0.25) is 0 Å². The fourth-order valence-electron chi connectivity index (χ4n) is 3.87. The summed E-state index contributed by atoms with van der Waals surface area (Å²) in [4.78, 5) is 15.2. The first kappa shape index (κ1) is 22.2. The van der Waals surface area contributed by atoms with Gasteiger partial charge in [-0.3, -0.25) is 4.79 Å². The lowest BCUT2D eigenvalue weighted by atomic mass is 10.0. The Morgan fingerprint density at radius 2 is 1.75 bits per heavy atom. The summed E-state index contributed by atoms with van der Waals surface area (Å²) in [5.74, 6) is 0.973. The molecule has 1 aromatic heterocycles. The van der Waals surface area contributed by atoms with E-state index in [-0.39, 0.29) is 11.7 Å². The molecule has 0 unspecified atom stereocenters. The van der Waals surface area contributed by atoms with Crippen LogP contribution in [0, 0.1) is 0 Å². The lowest BCUT2D eigenvalue weighted by molar-refractivity contribution is 0.0784. The summed E-state index contributed by atoms with van der Waals surface area (Å²) in [6.45, 7) is 2.64. The first-order valence-electron chi connectivity index (χ1n) is 10.8. The van der Waals surface area contributed by atoms with Gasteiger partial charge in [0.1, 0.15) is 17.1 Å². The number of benzene rings is 3. The van der Waals surface area contributed by atoms with Gasteiger partial charge in [-0.25, -0.2) is 0 Å². The molecule has 32 heavy (non-hydrogen) atoms. The number of unbranched alkanes of at least 4 members (excludes halogenated alkanes) is 1. The molecule has 0 atom stereocenters. The van der Waals surface area contributed by atoms with Crippen molar-refractivity contribution in [2.45, 2.75) is 32.7 Å². The summed E-state index contributed by atoms with van der Waals surface area (Å²) in [6, 6.07) is 21.3. The van der Waals surface area contributed by atoms with Gasteiger partial charge in [-0.1, -0.05) is 61.9 Å². The van der Waals surface area contributed by atoms with Crippen molar-refractivity contribution in [1.82, 2.24) is 4.90 Å². The summed E-state index contributed by atoms with van der Waals surface area (Å²) in [5.41, 5.74) is 4.55. The molecule has 0 saturated heterocycles. The minimum Gasteiger partial charge on any atom is -0.507 e. The van der Waals surface area contributed by atoms with Crippen LogP contribution in [0.5, 0.6) is 5.75 Å². The third-order valence-electron chi connectivity index (χ3n) is 5.64. The van der Waals surface area contributed by atoms with Crippen LogP contribution in [0.2, 0.25) is 0 Å². The Hall–Kier alpha value is -3.05. The Labute approximate surface area is 196 Å². The molecule has 4 rings (SSSR count). The molecule has 0 fully saturated rings. The van der Waals surface area contributed by atoms with E-state index in [1.54, 1.807) is 11.0 Å². The second kappa shape index (κ2) is 9.61. The highest BCUT2D eigenvalue weighted by Gasteiger charge is 2.23. The number of aromatic hydroxyl groups is 1. The number of phenolic OH excluding ortho intramolecular Hbond substituents is 1. The Balaban J connectivity index is 1.54. The quantitative estimate of drug-likeness (QED) is 0.297. The predicted octanol–water partition coefficient (Wildman–Crippen LogP) is 7.18. The van der Waals surface area contributed by atoms with Crippen molar-refractivity contribution in [3.63, 3.8) is 0 Å². The molecule has 1 heterocycles. The normalized spacial score (nSPS) is 11.1. The van der Waals surface area contributed by atoms with Gasteiger partial charge in [0.05, 0.1) is 10.0 Å². The van der Waals surface area contributed by atoms with Gasteiger partial charge in [0.15, 0.2) is 0 Å². The molecule has 0 aliphatic carbocycles. The van der Waals surface area contributed by atoms with Crippen molar-refractivity contribution in [2.24, 2.45) is 0 Å². The maximum Gasteiger partial charge on any atom is 0.258 e. The Morgan fingerprint density at radius 1 is 1.03 bits per heavy atom. The molecular formula is C27H26BrNO3. The molecule has 0 bridgehead atoms. The highest BCUT2D eigenvalue weighted by Crippen LogP contribution is 2.31. The Kier molecular flexibility index (Phi) is 6.66. The van der Waals surface area contributed by atoms with E-state index in [0.717, 1.165) is 52.7 Å². The van der Waals surface area contributed by atoms with Gasteiger partial charge in [0, 0.05) is 25.4 Å². The number of carbonyl (C=O) groups excluding carboxylic acids is 1. The number of nitrogens with zero attached hydrogens (tertiary/aromatic N) is 1. The minimum absolute atomic E-state index is 0.0207.